The highest BCUT2D eigenvalue weighted by Crippen LogP contribution is 2.30. The van der Waals surface area contributed by atoms with Gasteiger partial charge in [-0.2, -0.15) is 0 Å². The van der Waals surface area contributed by atoms with Gasteiger partial charge in [-0.05, 0) is 0 Å². The molecule has 1 aromatic carbocycles. The predicted molar refractivity (Wildman–Crippen MR) is 71.9 cm³/mol. The summed E-state index contributed by atoms with van der Waals surface area (Å²) in [4.78, 5) is 17.4. The van der Waals surface area contributed by atoms with Crippen molar-refractivity contribution in [3.63, 3.8) is 0 Å². The highest BCUT2D eigenvalue weighted by molar-refractivity contribution is 8.15. The van der Waals surface area contributed by atoms with Crippen molar-refractivity contribution < 1.29 is 14.3 Å². The molecule has 1 amide bonds. The number of carbonyl (C=O) groups excluding carboxylic acids is 1. The zero-order valence-electron chi connectivity index (χ0n) is 10.5. The van der Waals surface area contributed by atoms with E-state index in [9.17, 15) is 4.79 Å². The molecule has 1 aliphatic heterocycles. The highest BCUT2D eigenvalue weighted by Gasteiger charge is 2.24. The minimum Gasteiger partial charge on any atom is -0.497 e. The third kappa shape index (κ3) is 2.59. The normalized spacial score (nSPS) is 17.4. The van der Waals surface area contributed by atoms with Crippen LogP contribution >= 0.6 is 11.8 Å². The Morgan fingerprint density at radius 3 is 2.28 bits per heavy atom. The summed E-state index contributed by atoms with van der Waals surface area (Å²) >= 11 is 1.43. The number of ether oxygens (including phenoxy) is 2. The van der Waals surface area contributed by atoms with Crippen molar-refractivity contribution >= 4 is 28.5 Å². The fourth-order valence-electron chi connectivity index (χ4n) is 1.50. The number of amides is 1. The lowest BCUT2D eigenvalue weighted by Crippen LogP contribution is -2.24. The Kier molecular flexibility index (Phi) is 3.76. The number of rotatable bonds is 3. The number of carbonyl (C=O) groups is 1. The van der Waals surface area contributed by atoms with Gasteiger partial charge >= 0.3 is 0 Å². The van der Waals surface area contributed by atoms with Gasteiger partial charge in [0.05, 0.1) is 25.7 Å². The van der Waals surface area contributed by atoms with E-state index in [1.165, 1.54) is 11.8 Å². The van der Waals surface area contributed by atoms with Crippen molar-refractivity contribution in [2.45, 2.75) is 0 Å². The van der Waals surface area contributed by atoms with Gasteiger partial charge in [0, 0.05) is 25.2 Å². The second kappa shape index (κ2) is 5.30. The highest BCUT2D eigenvalue weighted by atomic mass is 32.2. The van der Waals surface area contributed by atoms with E-state index in [-0.39, 0.29) is 5.91 Å². The molecule has 2 rings (SSSR count). The van der Waals surface area contributed by atoms with Crippen molar-refractivity contribution in [2.75, 3.05) is 27.0 Å². The van der Waals surface area contributed by atoms with Crippen molar-refractivity contribution in [1.82, 2.24) is 4.90 Å². The molecular weight excluding hydrogens is 252 g/mol. The Morgan fingerprint density at radius 1 is 1.22 bits per heavy atom. The first kappa shape index (κ1) is 12.8. The fourth-order valence-corrected chi connectivity index (χ4v) is 2.41. The fraction of sp³-hybridized carbons (Fsp3) is 0.333. The molecule has 0 unspecified atom stereocenters. The zero-order chi connectivity index (χ0) is 13.1. The average Bonchev–Trinajstić information content (AvgIpc) is 2.70. The Labute approximate surface area is 110 Å². The quantitative estimate of drug-likeness (QED) is 0.838. The Hall–Kier alpha value is -1.69. The van der Waals surface area contributed by atoms with Crippen molar-refractivity contribution in [1.29, 1.82) is 0 Å². The van der Waals surface area contributed by atoms with Crippen LogP contribution in [0.1, 0.15) is 0 Å². The van der Waals surface area contributed by atoms with Crippen LogP contribution in [0.4, 0.5) is 5.69 Å². The van der Waals surface area contributed by atoms with Crippen LogP contribution in [0.2, 0.25) is 0 Å². The molecule has 1 fully saturated rings. The molecule has 0 atom stereocenters. The Bertz CT molecular complexity index is 480. The summed E-state index contributed by atoms with van der Waals surface area (Å²) in [6.45, 7) is 0. The number of benzene rings is 1. The summed E-state index contributed by atoms with van der Waals surface area (Å²) in [5.41, 5.74) is 0.704. The van der Waals surface area contributed by atoms with Crippen molar-refractivity contribution in [3.05, 3.63) is 18.2 Å². The summed E-state index contributed by atoms with van der Waals surface area (Å²) in [6, 6.07) is 5.37. The van der Waals surface area contributed by atoms with Gasteiger partial charge < -0.3 is 9.47 Å². The Morgan fingerprint density at radius 2 is 1.83 bits per heavy atom. The van der Waals surface area contributed by atoms with E-state index in [0.29, 0.717) is 28.1 Å². The molecule has 0 saturated carbocycles. The summed E-state index contributed by atoms with van der Waals surface area (Å²) in [5.74, 6) is 1.85. The monoisotopic (exact) mass is 266 g/mol. The molecule has 1 heterocycles. The molecule has 0 spiro atoms. The number of aliphatic imine (C=N–C) groups is 1. The molecule has 1 saturated heterocycles. The minimum absolute atomic E-state index is 0.0635. The van der Waals surface area contributed by atoms with Gasteiger partial charge in [0.2, 0.25) is 5.91 Å². The van der Waals surface area contributed by atoms with Crippen LogP contribution in [0.3, 0.4) is 0 Å². The van der Waals surface area contributed by atoms with Crippen molar-refractivity contribution in [2.24, 2.45) is 4.99 Å². The number of methoxy groups -OCH3 is 2. The van der Waals surface area contributed by atoms with Crippen molar-refractivity contribution in [3.8, 4) is 11.5 Å². The molecular formula is C12H14N2O3S. The SMILES string of the molecule is COc1cc(N=C2SCC(=O)N2C)cc(OC)c1. The lowest BCUT2D eigenvalue weighted by Gasteiger charge is -2.09. The van der Waals surface area contributed by atoms with Crippen LogP contribution in [-0.2, 0) is 4.79 Å². The second-order valence-electron chi connectivity index (χ2n) is 3.71. The van der Waals surface area contributed by atoms with Gasteiger partial charge in [0.25, 0.3) is 0 Å². The maximum Gasteiger partial charge on any atom is 0.238 e. The van der Waals surface area contributed by atoms with E-state index in [4.69, 9.17) is 9.47 Å². The number of hydrogen-bond acceptors (Lipinski definition) is 5. The molecule has 1 aliphatic rings. The van der Waals surface area contributed by atoms with Crippen LogP contribution in [0, 0.1) is 0 Å². The molecule has 96 valence electrons. The van der Waals surface area contributed by atoms with Gasteiger partial charge in [-0.3, -0.25) is 9.69 Å². The topological polar surface area (TPSA) is 51.1 Å². The van der Waals surface area contributed by atoms with Gasteiger partial charge in [-0.1, -0.05) is 11.8 Å². The van der Waals surface area contributed by atoms with E-state index in [1.807, 2.05) is 0 Å². The van der Waals surface area contributed by atoms with Gasteiger partial charge in [-0.15, -0.1) is 0 Å². The standard InChI is InChI=1S/C12H14N2O3S/c1-14-11(15)7-18-12(14)13-8-4-9(16-2)6-10(5-8)17-3/h4-6H,7H2,1-3H3. The molecule has 18 heavy (non-hydrogen) atoms. The third-order valence-electron chi connectivity index (χ3n) is 2.55. The van der Waals surface area contributed by atoms with E-state index in [2.05, 4.69) is 4.99 Å². The lowest BCUT2D eigenvalue weighted by atomic mass is 10.3. The maximum absolute atomic E-state index is 11.4. The first-order valence-corrected chi connectivity index (χ1v) is 6.33. The summed E-state index contributed by atoms with van der Waals surface area (Å²) in [6.07, 6.45) is 0. The van der Waals surface area contributed by atoms with Crippen LogP contribution in [0.25, 0.3) is 0 Å². The number of thioether (sulfide) groups is 1. The minimum atomic E-state index is 0.0635. The number of hydrogen-bond donors (Lipinski definition) is 0. The van der Waals surface area contributed by atoms with Crippen LogP contribution in [0.15, 0.2) is 23.2 Å². The molecule has 0 aliphatic carbocycles. The van der Waals surface area contributed by atoms with E-state index >= 15 is 0 Å². The molecule has 0 N–H and O–H groups in total. The zero-order valence-corrected chi connectivity index (χ0v) is 11.3. The predicted octanol–water partition coefficient (Wildman–Crippen LogP) is 1.90. The largest absolute Gasteiger partial charge is 0.497 e. The average molecular weight is 266 g/mol. The summed E-state index contributed by atoms with van der Waals surface area (Å²) in [7, 11) is 4.90. The molecule has 0 bridgehead atoms. The van der Waals surface area contributed by atoms with E-state index in [0.717, 1.165) is 0 Å². The molecule has 5 nitrogen and oxygen atoms in total. The number of amidine groups is 1. The lowest BCUT2D eigenvalue weighted by molar-refractivity contribution is -0.123. The van der Waals surface area contributed by atoms with Crippen LogP contribution < -0.4 is 9.47 Å². The first-order chi connectivity index (χ1) is 8.63. The summed E-state index contributed by atoms with van der Waals surface area (Å²) < 4.78 is 10.3. The molecule has 6 heteroatoms. The first-order valence-electron chi connectivity index (χ1n) is 5.35. The second-order valence-corrected chi connectivity index (χ2v) is 4.65. The maximum atomic E-state index is 11.4. The van der Waals surface area contributed by atoms with Gasteiger partial charge in [0.15, 0.2) is 5.17 Å². The van der Waals surface area contributed by atoms with Gasteiger partial charge in [-0.25, -0.2) is 4.99 Å². The molecule has 1 aromatic rings. The molecule has 0 aromatic heterocycles. The van der Waals surface area contributed by atoms with E-state index in [1.54, 1.807) is 44.4 Å². The summed E-state index contributed by atoms with van der Waals surface area (Å²) in [5, 5.41) is 0.690. The molecule has 0 radical (unpaired) electrons. The Balaban J connectivity index is 2.33. The van der Waals surface area contributed by atoms with Gasteiger partial charge in [0.1, 0.15) is 11.5 Å². The smallest absolute Gasteiger partial charge is 0.238 e. The van der Waals surface area contributed by atoms with E-state index < -0.39 is 0 Å². The third-order valence-corrected chi connectivity index (χ3v) is 3.56. The van der Waals surface area contributed by atoms with Crippen LogP contribution in [0.5, 0.6) is 11.5 Å². The number of nitrogens with zero attached hydrogens (tertiary/aromatic N) is 2. The van der Waals surface area contributed by atoms with Crippen LogP contribution in [-0.4, -0.2) is 43.0 Å².